The van der Waals surface area contributed by atoms with Crippen LogP contribution in [0.4, 0.5) is 0 Å². The summed E-state index contributed by atoms with van der Waals surface area (Å²) in [5.41, 5.74) is 2.57. The molecule has 1 N–H and O–H groups in total. The predicted molar refractivity (Wildman–Crippen MR) is 104 cm³/mol. The number of rotatable bonds is 3. The maximum Gasteiger partial charge on any atom is 0.270 e. The highest BCUT2D eigenvalue weighted by Crippen LogP contribution is 2.43. The molecule has 148 valence electrons. The molecule has 0 bridgehead atoms. The highest BCUT2D eigenvalue weighted by Gasteiger charge is 2.49. The number of hydrogen-bond acceptors (Lipinski definition) is 3. The lowest BCUT2D eigenvalue weighted by molar-refractivity contribution is -0.141. The number of hydrogen-bond donors (Lipinski definition) is 1. The molecule has 1 saturated carbocycles. The van der Waals surface area contributed by atoms with E-state index in [4.69, 9.17) is 0 Å². The molecule has 5 rings (SSSR count). The molecule has 7 heteroatoms. The van der Waals surface area contributed by atoms with Crippen molar-refractivity contribution in [3.63, 3.8) is 0 Å². The van der Waals surface area contributed by atoms with E-state index in [9.17, 15) is 9.59 Å². The first-order chi connectivity index (χ1) is 13.6. The molecule has 0 atom stereocenters. The van der Waals surface area contributed by atoms with Crippen LogP contribution in [0.2, 0.25) is 0 Å². The van der Waals surface area contributed by atoms with Gasteiger partial charge >= 0.3 is 0 Å². The van der Waals surface area contributed by atoms with Crippen LogP contribution >= 0.6 is 0 Å². The van der Waals surface area contributed by atoms with Gasteiger partial charge in [-0.3, -0.25) is 9.59 Å². The van der Waals surface area contributed by atoms with Crippen molar-refractivity contribution in [2.24, 2.45) is 0 Å². The number of amides is 2. The van der Waals surface area contributed by atoms with E-state index in [0.717, 1.165) is 55.7 Å². The number of H-pyrrole nitrogens is 1. The molecule has 2 aromatic rings. The van der Waals surface area contributed by atoms with Gasteiger partial charge in [-0.15, -0.1) is 0 Å². The average Bonchev–Trinajstić information content (AvgIpc) is 3.24. The SMILES string of the molecule is CCC(=O)N1CCc2[nH]cnc2C12CCN(C(=O)c1cccn1C1CC1)CC2. The van der Waals surface area contributed by atoms with Crippen molar-refractivity contribution >= 4 is 11.8 Å². The summed E-state index contributed by atoms with van der Waals surface area (Å²) < 4.78 is 2.13. The molecule has 3 aliphatic rings. The number of carbonyl (C=O) groups excluding carboxylic acids is 2. The second-order valence-corrected chi connectivity index (χ2v) is 8.23. The zero-order valence-corrected chi connectivity index (χ0v) is 16.4. The Hall–Kier alpha value is -2.57. The van der Waals surface area contributed by atoms with Gasteiger partial charge in [-0.1, -0.05) is 6.92 Å². The third-order valence-electron chi connectivity index (χ3n) is 6.68. The third kappa shape index (κ3) is 2.59. The number of carbonyl (C=O) groups is 2. The van der Waals surface area contributed by atoms with Crippen LogP contribution in [0.1, 0.15) is 66.9 Å². The largest absolute Gasteiger partial charge is 0.348 e. The molecule has 0 unspecified atom stereocenters. The maximum absolute atomic E-state index is 13.2. The fourth-order valence-corrected chi connectivity index (χ4v) is 5.03. The van der Waals surface area contributed by atoms with Gasteiger partial charge in [-0.05, 0) is 37.8 Å². The Morgan fingerprint density at radius 3 is 2.75 bits per heavy atom. The molecule has 2 aliphatic heterocycles. The van der Waals surface area contributed by atoms with Gasteiger partial charge in [0.2, 0.25) is 5.91 Å². The molecule has 2 amide bonds. The summed E-state index contributed by atoms with van der Waals surface area (Å²) in [6, 6.07) is 4.40. The molecule has 28 heavy (non-hydrogen) atoms. The number of nitrogens with zero attached hydrogens (tertiary/aromatic N) is 4. The second-order valence-electron chi connectivity index (χ2n) is 8.23. The summed E-state index contributed by atoms with van der Waals surface area (Å²) in [5, 5.41) is 0. The van der Waals surface area contributed by atoms with Crippen molar-refractivity contribution < 1.29 is 9.59 Å². The Morgan fingerprint density at radius 1 is 1.25 bits per heavy atom. The fourth-order valence-electron chi connectivity index (χ4n) is 5.03. The minimum absolute atomic E-state index is 0.109. The van der Waals surface area contributed by atoms with Crippen molar-refractivity contribution in [2.45, 2.75) is 57.0 Å². The molecule has 0 aromatic carbocycles. The van der Waals surface area contributed by atoms with Crippen molar-refractivity contribution in [3.8, 4) is 0 Å². The van der Waals surface area contributed by atoms with Gasteiger partial charge in [0, 0.05) is 50.4 Å². The van der Waals surface area contributed by atoms with E-state index in [1.807, 2.05) is 35.1 Å². The summed E-state index contributed by atoms with van der Waals surface area (Å²) in [6.45, 7) is 3.93. The van der Waals surface area contributed by atoms with E-state index < -0.39 is 0 Å². The molecule has 2 fully saturated rings. The average molecular weight is 381 g/mol. The Bertz CT molecular complexity index is 902. The number of nitrogens with one attached hydrogen (secondary N) is 1. The second kappa shape index (κ2) is 6.50. The van der Waals surface area contributed by atoms with Crippen molar-refractivity contribution in [3.05, 3.63) is 41.7 Å². The molecule has 1 aliphatic carbocycles. The van der Waals surface area contributed by atoms with Crippen molar-refractivity contribution in [1.29, 1.82) is 0 Å². The minimum atomic E-state index is -0.379. The van der Waals surface area contributed by atoms with Crippen LogP contribution in [0.5, 0.6) is 0 Å². The van der Waals surface area contributed by atoms with Crippen LogP contribution in [0.15, 0.2) is 24.7 Å². The van der Waals surface area contributed by atoms with Gasteiger partial charge in [0.25, 0.3) is 5.91 Å². The number of piperidine rings is 1. The summed E-state index contributed by atoms with van der Waals surface area (Å²) in [4.78, 5) is 37.7. The van der Waals surface area contributed by atoms with E-state index >= 15 is 0 Å². The Kier molecular flexibility index (Phi) is 4.07. The van der Waals surface area contributed by atoms with E-state index in [1.165, 1.54) is 0 Å². The highest BCUT2D eigenvalue weighted by molar-refractivity contribution is 5.93. The molecule has 7 nitrogen and oxygen atoms in total. The lowest BCUT2D eigenvalue weighted by Crippen LogP contribution is -2.58. The molecule has 0 radical (unpaired) electrons. The van der Waals surface area contributed by atoms with E-state index in [-0.39, 0.29) is 17.4 Å². The third-order valence-corrected chi connectivity index (χ3v) is 6.68. The smallest absolute Gasteiger partial charge is 0.270 e. The number of imidazole rings is 1. The van der Waals surface area contributed by atoms with Gasteiger partial charge in [-0.25, -0.2) is 4.98 Å². The predicted octanol–water partition coefficient (Wildman–Crippen LogP) is 2.47. The van der Waals surface area contributed by atoms with E-state index in [1.54, 1.807) is 6.33 Å². The minimum Gasteiger partial charge on any atom is -0.348 e. The Morgan fingerprint density at radius 2 is 2.04 bits per heavy atom. The molecule has 2 aromatic heterocycles. The zero-order valence-electron chi connectivity index (χ0n) is 16.4. The van der Waals surface area contributed by atoms with Gasteiger partial charge in [0.1, 0.15) is 5.69 Å². The van der Waals surface area contributed by atoms with Crippen molar-refractivity contribution in [2.75, 3.05) is 19.6 Å². The maximum atomic E-state index is 13.2. The van der Waals surface area contributed by atoms with Crippen LogP contribution < -0.4 is 0 Å². The topological polar surface area (TPSA) is 74.2 Å². The van der Waals surface area contributed by atoms with Crippen LogP contribution in [0.3, 0.4) is 0 Å². The number of aromatic amines is 1. The molecule has 4 heterocycles. The molecule has 1 saturated heterocycles. The normalized spacial score (nSPS) is 21.0. The summed E-state index contributed by atoms with van der Waals surface area (Å²) >= 11 is 0. The Labute approximate surface area is 164 Å². The van der Waals surface area contributed by atoms with E-state index in [2.05, 4.69) is 14.5 Å². The van der Waals surface area contributed by atoms with Crippen LogP contribution in [-0.2, 0) is 16.8 Å². The monoisotopic (exact) mass is 381 g/mol. The molecule has 1 spiro atoms. The quantitative estimate of drug-likeness (QED) is 0.888. The lowest BCUT2D eigenvalue weighted by Gasteiger charge is -2.50. The standard InChI is InChI=1S/C21H27N5O2/c1-2-18(27)26-11-7-16-19(23-14-22-16)21(26)8-12-24(13-9-21)20(28)17-4-3-10-25(17)15-5-6-15/h3-4,10,14-15H,2,5-9,11-13H2,1H3,(H,22,23). The highest BCUT2D eigenvalue weighted by atomic mass is 16.2. The Balaban J connectivity index is 1.39. The van der Waals surface area contributed by atoms with Gasteiger partial charge in [0.05, 0.1) is 17.6 Å². The zero-order chi connectivity index (χ0) is 19.3. The van der Waals surface area contributed by atoms with Crippen LogP contribution in [0, 0.1) is 0 Å². The fraction of sp³-hybridized carbons (Fsp3) is 0.571. The van der Waals surface area contributed by atoms with E-state index in [0.29, 0.717) is 25.6 Å². The van der Waals surface area contributed by atoms with Gasteiger partial charge < -0.3 is 19.4 Å². The van der Waals surface area contributed by atoms with Crippen molar-refractivity contribution in [1.82, 2.24) is 24.3 Å². The summed E-state index contributed by atoms with van der Waals surface area (Å²) in [5.74, 6) is 0.286. The first kappa shape index (κ1) is 17.5. The molecular weight excluding hydrogens is 354 g/mol. The first-order valence-corrected chi connectivity index (χ1v) is 10.4. The van der Waals surface area contributed by atoms with Gasteiger partial charge in [0.15, 0.2) is 0 Å². The summed E-state index contributed by atoms with van der Waals surface area (Å²) in [7, 11) is 0. The van der Waals surface area contributed by atoms with Crippen LogP contribution in [-0.4, -0.2) is 55.8 Å². The first-order valence-electron chi connectivity index (χ1n) is 10.4. The van der Waals surface area contributed by atoms with Gasteiger partial charge in [-0.2, -0.15) is 0 Å². The number of likely N-dealkylation sites (tertiary alicyclic amines) is 1. The number of aromatic nitrogens is 3. The lowest BCUT2D eigenvalue weighted by atomic mass is 9.78. The number of fused-ring (bicyclic) bond motifs is 2. The van der Waals surface area contributed by atoms with Crippen LogP contribution in [0.25, 0.3) is 0 Å². The summed E-state index contributed by atoms with van der Waals surface area (Å²) in [6.07, 6.45) is 8.89. The molecular formula is C21H27N5O2.